The molecular weight excluding hydrogens is 1010 g/mol. The fourth-order valence-corrected chi connectivity index (χ4v) is 18.0. The smallest absolute Gasteiger partial charge is 0.338 e. The number of allylic oxidation sites excluding steroid dienone is 2. The standard InChI is InChI=1S/C68H98O12/c1-39-35-74-60(43(5)40(39)2)79-56-44(6)45(7)75-62(58(56)80-61-57(78-59(72)48-23-19-16-20-24-48)42(4)41(3)51(76-61)37-73-36-47-21-17-15-18-22-47)77-55-28-29-64(11)52(65(55,12)38-69)27-30-66(13)53(64)26-25-49-50-33-63(9,10)31-32-68(50,46(8)70)54(71)34-67(49,66)14/h15-25,38-45,50-58,60-62,71H,26-37H2,1-14H3/t39-,40+,41-,42+,43?,44-,45?,50?,51?,52-,53?,54?,55+,56+,57?,58?,60+,61+,62+,64?,65-,66?,67-,68-/m1/s1. The molecule has 12 heteroatoms. The van der Waals surface area contributed by atoms with E-state index in [0.29, 0.717) is 43.5 Å². The summed E-state index contributed by atoms with van der Waals surface area (Å²) >= 11 is 0. The second-order valence-corrected chi connectivity index (χ2v) is 28.8. The first-order valence-corrected chi connectivity index (χ1v) is 31.0. The van der Waals surface area contributed by atoms with Crippen LogP contribution in [0.15, 0.2) is 72.3 Å². The van der Waals surface area contributed by atoms with Gasteiger partial charge < -0.3 is 47.8 Å². The van der Waals surface area contributed by atoms with E-state index < -0.39 is 72.3 Å². The maximum absolute atomic E-state index is 14.3. The van der Waals surface area contributed by atoms with E-state index in [1.807, 2.05) is 48.5 Å². The topological polar surface area (TPSA) is 145 Å². The van der Waals surface area contributed by atoms with Gasteiger partial charge in [0.2, 0.25) is 0 Å². The second kappa shape index (κ2) is 22.6. The highest BCUT2D eigenvalue weighted by Gasteiger charge is 2.71. The zero-order chi connectivity index (χ0) is 57.5. The maximum atomic E-state index is 14.3. The van der Waals surface area contributed by atoms with Crippen molar-refractivity contribution in [2.75, 3.05) is 13.2 Å². The molecule has 80 heavy (non-hydrogen) atoms. The number of hydrogen-bond donors (Lipinski definition) is 1. The van der Waals surface area contributed by atoms with Gasteiger partial charge in [0.1, 0.15) is 18.2 Å². The van der Waals surface area contributed by atoms with Gasteiger partial charge in [-0.1, -0.05) is 143 Å². The predicted molar refractivity (Wildman–Crippen MR) is 306 cm³/mol. The summed E-state index contributed by atoms with van der Waals surface area (Å²) < 4.78 is 55.7. The summed E-state index contributed by atoms with van der Waals surface area (Å²) in [4.78, 5) is 42.3. The van der Waals surface area contributed by atoms with Gasteiger partial charge in [0.05, 0.1) is 66.7 Å². The number of esters is 1. The first-order valence-electron chi connectivity index (χ1n) is 31.0. The van der Waals surface area contributed by atoms with Gasteiger partial charge in [0.25, 0.3) is 0 Å². The summed E-state index contributed by atoms with van der Waals surface area (Å²) in [5.41, 5.74) is 0.546. The lowest BCUT2D eigenvalue weighted by Gasteiger charge is -2.71. The number of carbonyl (C=O) groups excluding carboxylic acids is 3. The molecule has 8 aliphatic rings. The Morgan fingerprint density at radius 2 is 1.38 bits per heavy atom. The molecule has 0 bridgehead atoms. The number of ether oxygens (including phenoxy) is 8. The number of Topliss-reactive ketones (excluding diaryl/α,β-unsaturated/α-hetero) is 1. The molecule has 3 saturated heterocycles. The van der Waals surface area contributed by atoms with Gasteiger partial charge in [0, 0.05) is 17.8 Å². The van der Waals surface area contributed by atoms with Crippen LogP contribution in [0, 0.1) is 85.8 Å². The lowest BCUT2D eigenvalue weighted by Crippen LogP contribution is -2.68. The summed E-state index contributed by atoms with van der Waals surface area (Å²) in [6.45, 7) is 32.1. The Morgan fingerprint density at radius 3 is 2.06 bits per heavy atom. The summed E-state index contributed by atoms with van der Waals surface area (Å²) in [5.74, 6) is 0.117. The van der Waals surface area contributed by atoms with Crippen LogP contribution in [0.25, 0.3) is 0 Å². The van der Waals surface area contributed by atoms with Crippen LogP contribution in [-0.2, 0) is 54.1 Å². The number of ketones is 1. The molecule has 4 saturated carbocycles. The molecule has 12 nitrogen and oxygen atoms in total. The highest BCUT2D eigenvalue weighted by molar-refractivity contribution is 5.89. The maximum Gasteiger partial charge on any atom is 0.338 e. The number of aldehydes is 1. The summed E-state index contributed by atoms with van der Waals surface area (Å²) in [6.07, 6.45) is 3.82. The molecule has 2 aromatic carbocycles. The Kier molecular flexibility index (Phi) is 16.9. The van der Waals surface area contributed by atoms with Crippen LogP contribution in [0.2, 0.25) is 0 Å². The number of fused-ring (bicyclic) bond motifs is 7. The van der Waals surface area contributed by atoms with Crippen molar-refractivity contribution in [1.29, 1.82) is 0 Å². The number of benzene rings is 2. The van der Waals surface area contributed by atoms with E-state index in [-0.39, 0.29) is 81.6 Å². The van der Waals surface area contributed by atoms with E-state index in [4.69, 9.17) is 37.9 Å². The predicted octanol–water partition coefficient (Wildman–Crippen LogP) is 12.8. The van der Waals surface area contributed by atoms with Crippen molar-refractivity contribution < 1.29 is 57.4 Å². The van der Waals surface area contributed by atoms with Crippen molar-refractivity contribution >= 4 is 18.0 Å². The van der Waals surface area contributed by atoms with Gasteiger partial charge in [-0.15, -0.1) is 0 Å². The minimum Gasteiger partial charge on any atom is -0.453 e. The Balaban J connectivity index is 0.974. The van der Waals surface area contributed by atoms with Crippen LogP contribution in [0.3, 0.4) is 0 Å². The molecular formula is C68H98O12. The van der Waals surface area contributed by atoms with E-state index >= 15 is 0 Å². The normalized spacial score (nSPS) is 47.0. The van der Waals surface area contributed by atoms with Crippen LogP contribution in [-0.4, -0.2) is 98.0 Å². The molecule has 442 valence electrons. The van der Waals surface area contributed by atoms with Crippen molar-refractivity contribution in [3.8, 4) is 0 Å². The highest BCUT2D eigenvalue weighted by atomic mass is 16.8. The Labute approximate surface area is 478 Å². The highest BCUT2D eigenvalue weighted by Crippen LogP contribution is 2.76. The number of hydrogen-bond acceptors (Lipinski definition) is 12. The van der Waals surface area contributed by atoms with Crippen LogP contribution in [0.5, 0.6) is 0 Å². The molecule has 10 rings (SSSR count). The molecule has 3 aliphatic heterocycles. The molecule has 1 N–H and O–H groups in total. The fraction of sp³-hybridized carbons (Fsp3) is 0.750. The zero-order valence-electron chi connectivity index (χ0n) is 50.8. The zero-order valence-corrected chi connectivity index (χ0v) is 50.8. The third-order valence-corrected chi connectivity index (χ3v) is 24.2. The fourth-order valence-electron chi connectivity index (χ4n) is 18.0. The molecule has 0 aromatic heterocycles. The molecule has 24 atom stereocenters. The van der Waals surface area contributed by atoms with Gasteiger partial charge in [-0.25, -0.2) is 4.79 Å². The largest absolute Gasteiger partial charge is 0.453 e. The van der Waals surface area contributed by atoms with E-state index in [2.05, 4.69) is 96.1 Å². The van der Waals surface area contributed by atoms with E-state index in [9.17, 15) is 19.5 Å². The molecule has 7 fully saturated rings. The van der Waals surface area contributed by atoms with Crippen molar-refractivity contribution in [2.45, 2.75) is 223 Å². The molecule has 0 amide bonds. The van der Waals surface area contributed by atoms with Gasteiger partial charge in [0.15, 0.2) is 25.0 Å². The summed E-state index contributed by atoms with van der Waals surface area (Å²) in [5, 5.41) is 12.4. The van der Waals surface area contributed by atoms with E-state index in [0.717, 1.165) is 50.5 Å². The van der Waals surface area contributed by atoms with Crippen LogP contribution in [0.4, 0.5) is 0 Å². The van der Waals surface area contributed by atoms with E-state index in [1.165, 1.54) is 11.9 Å². The lowest BCUT2D eigenvalue weighted by atomic mass is 9.33. The first-order chi connectivity index (χ1) is 37.8. The number of carbonyl (C=O) groups is 3. The van der Waals surface area contributed by atoms with Crippen molar-refractivity contribution in [3.05, 3.63) is 83.4 Å². The molecule has 0 radical (unpaired) electrons. The van der Waals surface area contributed by atoms with Gasteiger partial charge in [-0.2, -0.15) is 0 Å². The monoisotopic (exact) mass is 1110 g/mol. The van der Waals surface area contributed by atoms with Crippen molar-refractivity contribution in [2.24, 2.45) is 85.8 Å². The van der Waals surface area contributed by atoms with Gasteiger partial charge in [-0.3, -0.25) is 4.79 Å². The summed E-state index contributed by atoms with van der Waals surface area (Å²) in [6, 6.07) is 19.1. The first kappa shape index (κ1) is 59.8. The average Bonchev–Trinajstić information content (AvgIpc) is 3.45. The van der Waals surface area contributed by atoms with Crippen LogP contribution < -0.4 is 0 Å². The minimum atomic E-state index is -1.08. The number of aliphatic hydroxyl groups is 1. The van der Waals surface area contributed by atoms with Crippen molar-refractivity contribution in [1.82, 2.24) is 0 Å². The van der Waals surface area contributed by atoms with Crippen molar-refractivity contribution in [3.63, 3.8) is 0 Å². The quantitative estimate of drug-likeness (QED) is 0.0832. The van der Waals surface area contributed by atoms with Gasteiger partial charge in [-0.05, 0) is 146 Å². The second-order valence-electron chi connectivity index (χ2n) is 28.8. The minimum absolute atomic E-state index is 0.00396. The Bertz CT molecular complexity index is 2550. The average molecular weight is 1110 g/mol. The van der Waals surface area contributed by atoms with E-state index in [1.54, 1.807) is 19.1 Å². The lowest BCUT2D eigenvalue weighted by molar-refractivity contribution is -0.380. The van der Waals surface area contributed by atoms with Crippen LogP contribution in [0.1, 0.15) is 171 Å². The third kappa shape index (κ3) is 10.2. The molecule has 3 heterocycles. The molecule has 10 unspecified atom stereocenters. The Morgan fingerprint density at radius 1 is 0.700 bits per heavy atom. The number of aliphatic hydroxyl groups excluding tert-OH is 1. The number of rotatable bonds is 14. The Hall–Kier alpha value is -3.33. The van der Waals surface area contributed by atoms with Gasteiger partial charge >= 0.3 is 5.97 Å². The molecule has 2 aromatic rings. The molecule has 0 spiro atoms. The SMILES string of the molecule is CC(=O)[C@]12CCC(C)(C)CC1C1=CCC3C4(C)CC[C@H](O[C@@H]5OC(C)[C@@H](C)[C@H](O[C@@H]6OC[C@@H](C)[C@H](C)C6C)C5O[C@@H]5OC(COCc6ccccc6)[C@H](C)[C@H](C)C5OC(=O)c5ccccc5)[C@](C)(C=O)[C@@H]4CCC3(C)[C@]1(C)CC2O. The molecule has 5 aliphatic carbocycles. The summed E-state index contributed by atoms with van der Waals surface area (Å²) in [7, 11) is 0. The third-order valence-electron chi connectivity index (χ3n) is 24.2. The van der Waals surface area contributed by atoms with Crippen LogP contribution >= 0.6 is 0 Å².